The molecule has 0 radical (unpaired) electrons. The molecule has 0 bridgehead atoms. The van der Waals surface area contributed by atoms with Crippen molar-refractivity contribution in [3.05, 3.63) is 59.1 Å². The van der Waals surface area contributed by atoms with Crippen LogP contribution in [-0.4, -0.2) is 31.9 Å². The monoisotopic (exact) mass is 373 g/mol. The zero-order valence-electron chi connectivity index (χ0n) is 13.5. The highest BCUT2D eigenvalue weighted by molar-refractivity contribution is 7.99. The van der Waals surface area contributed by atoms with Crippen molar-refractivity contribution in [2.75, 3.05) is 11.1 Å². The van der Waals surface area contributed by atoms with Gasteiger partial charge in [0.05, 0.1) is 11.4 Å². The van der Waals surface area contributed by atoms with Gasteiger partial charge in [0.15, 0.2) is 0 Å². The number of aromatic nitrogens is 4. The highest BCUT2D eigenvalue weighted by Crippen LogP contribution is 2.20. The van der Waals surface area contributed by atoms with Gasteiger partial charge >= 0.3 is 0 Å². The molecule has 8 heteroatoms. The number of rotatable bonds is 6. The summed E-state index contributed by atoms with van der Waals surface area (Å²) in [6.07, 6.45) is 0.973. The van der Waals surface area contributed by atoms with Gasteiger partial charge in [0, 0.05) is 10.7 Å². The van der Waals surface area contributed by atoms with E-state index < -0.39 is 0 Å². The summed E-state index contributed by atoms with van der Waals surface area (Å²) in [6.45, 7) is 2.10. The Morgan fingerprint density at radius 1 is 1.24 bits per heavy atom. The predicted molar refractivity (Wildman–Crippen MR) is 99.3 cm³/mol. The molecular formula is C17H16ClN5OS. The van der Waals surface area contributed by atoms with Gasteiger partial charge in [-0.15, -0.1) is 5.10 Å². The number of nitrogens with one attached hydrogen (secondary N) is 1. The van der Waals surface area contributed by atoms with Crippen molar-refractivity contribution in [1.82, 2.24) is 20.2 Å². The average Bonchev–Trinajstić information content (AvgIpc) is 3.08. The number of aryl methyl sites for hydroxylation is 1. The number of anilines is 1. The quantitative estimate of drug-likeness (QED) is 0.668. The summed E-state index contributed by atoms with van der Waals surface area (Å²) < 4.78 is 1.62. The number of benzene rings is 2. The number of halogens is 1. The largest absolute Gasteiger partial charge is 0.325 e. The van der Waals surface area contributed by atoms with Crippen molar-refractivity contribution in [2.24, 2.45) is 0 Å². The molecular weight excluding hydrogens is 358 g/mol. The Morgan fingerprint density at radius 3 is 2.76 bits per heavy atom. The van der Waals surface area contributed by atoms with Crippen LogP contribution in [0.1, 0.15) is 12.5 Å². The maximum absolute atomic E-state index is 12.1. The van der Waals surface area contributed by atoms with Gasteiger partial charge in [-0.25, -0.2) is 0 Å². The molecule has 1 heterocycles. The lowest BCUT2D eigenvalue weighted by atomic mass is 10.1. The van der Waals surface area contributed by atoms with E-state index in [1.807, 2.05) is 24.3 Å². The molecule has 25 heavy (non-hydrogen) atoms. The zero-order chi connectivity index (χ0) is 17.6. The molecule has 1 aromatic heterocycles. The summed E-state index contributed by atoms with van der Waals surface area (Å²) in [5, 5.41) is 15.6. The minimum Gasteiger partial charge on any atom is -0.325 e. The SMILES string of the molecule is CCc1ccc(-n2nnnc2SCC(=O)Nc2cccc(Cl)c2)cc1. The molecule has 0 saturated heterocycles. The molecule has 128 valence electrons. The Morgan fingerprint density at radius 2 is 2.04 bits per heavy atom. The Balaban J connectivity index is 1.64. The highest BCUT2D eigenvalue weighted by Gasteiger charge is 2.12. The van der Waals surface area contributed by atoms with Crippen molar-refractivity contribution in [3.63, 3.8) is 0 Å². The fourth-order valence-electron chi connectivity index (χ4n) is 2.20. The van der Waals surface area contributed by atoms with Crippen LogP contribution >= 0.6 is 23.4 Å². The average molecular weight is 374 g/mol. The molecule has 0 saturated carbocycles. The number of thioether (sulfide) groups is 1. The normalized spacial score (nSPS) is 10.6. The van der Waals surface area contributed by atoms with Crippen LogP contribution < -0.4 is 5.32 Å². The number of tetrazole rings is 1. The second-order valence-electron chi connectivity index (χ2n) is 5.24. The third-order valence-electron chi connectivity index (χ3n) is 3.47. The van der Waals surface area contributed by atoms with Crippen LogP contribution in [0.15, 0.2) is 53.7 Å². The van der Waals surface area contributed by atoms with E-state index in [0.717, 1.165) is 12.1 Å². The van der Waals surface area contributed by atoms with Gasteiger partial charge in [0.2, 0.25) is 11.1 Å². The molecule has 1 amide bonds. The maximum atomic E-state index is 12.1. The van der Waals surface area contributed by atoms with Crippen molar-refractivity contribution in [1.29, 1.82) is 0 Å². The molecule has 1 N–H and O–H groups in total. The molecule has 0 aliphatic rings. The summed E-state index contributed by atoms with van der Waals surface area (Å²) in [7, 11) is 0. The molecule has 3 rings (SSSR count). The summed E-state index contributed by atoms with van der Waals surface area (Å²) >= 11 is 7.18. The van der Waals surface area contributed by atoms with Crippen LogP contribution in [0.25, 0.3) is 5.69 Å². The van der Waals surface area contributed by atoms with Crippen LogP contribution in [0, 0.1) is 0 Å². The number of carbonyl (C=O) groups excluding carboxylic acids is 1. The smallest absolute Gasteiger partial charge is 0.234 e. The molecule has 0 unspecified atom stereocenters. The fraction of sp³-hybridized carbons (Fsp3) is 0.176. The van der Waals surface area contributed by atoms with Crippen LogP contribution in [-0.2, 0) is 11.2 Å². The lowest BCUT2D eigenvalue weighted by Crippen LogP contribution is -2.14. The predicted octanol–water partition coefficient (Wildman–Crippen LogP) is 3.61. The van der Waals surface area contributed by atoms with E-state index >= 15 is 0 Å². The van der Waals surface area contributed by atoms with Gasteiger partial charge in [0.1, 0.15) is 0 Å². The van der Waals surface area contributed by atoms with E-state index in [1.165, 1.54) is 17.3 Å². The Kier molecular flexibility index (Phi) is 5.67. The number of carbonyl (C=O) groups is 1. The number of hydrogen-bond acceptors (Lipinski definition) is 5. The first kappa shape index (κ1) is 17.4. The molecule has 0 aliphatic carbocycles. The van der Waals surface area contributed by atoms with Crippen LogP contribution in [0.2, 0.25) is 5.02 Å². The third-order valence-corrected chi connectivity index (χ3v) is 4.63. The van der Waals surface area contributed by atoms with Crippen LogP contribution in [0.5, 0.6) is 0 Å². The molecule has 6 nitrogen and oxygen atoms in total. The summed E-state index contributed by atoms with van der Waals surface area (Å²) in [5.74, 6) is 0.0445. The van der Waals surface area contributed by atoms with Gasteiger partial charge in [-0.2, -0.15) is 4.68 Å². The van der Waals surface area contributed by atoms with Crippen molar-refractivity contribution in [2.45, 2.75) is 18.5 Å². The Bertz CT molecular complexity index is 865. The molecule has 3 aromatic rings. The Hall–Kier alpha value is -2.38. The van der Waals surface area contributed by atoms with Crippen LogP contribution in [0.3, 0.4) is 0 Å². The van der Waals surface area contributed by atoms with Gasteiger partial charge in [-0.1, -0.05) is 48.5 Å². The first-order valence-electron chi connectivity index (χ1n) is 7.71. The summed E-state index contributed by atoms with van der Waals surface area (Å²) in [4.78, 5) is 12.1. The van der Waals surface area contributed by atoms with Gasteiger partial charge in [0.25, 0.3) is 0 Å². The van der Waals surface area contributed by atoms with Crippen molar-refractivity contribution < 1.29 is 4.79 Å². The first-order chi connectivity index (χ1) is 12.2. The molecule has 0 fully saturated rings. The summed E-state index contributed by atoms with van der Waals surface area (Å²) in [5.41, 5.74) is 2.76. The van der Waals surface area contributed by atoms with Gasteiger partial charge < -0.3 is 5.32 Å². The fourth-order valence-corrected chi connectivity index (χ4v) is 3.08. The number of hydrogen-bond donors (Lipinski definition) is 1. The molecule has 0 spiro atoms. The number of nitrogens with zero attached hydrogens (tertiary/aromatic N) is 4. The number of amides is 1. The van der Waals surface area contributed by atoms with E-state index in [4.69, 9.17) is 11.6 Å². The minimum atomic E-state index is -0.150. The van der Waals surface area contributed by atoms with E-state index in [1.54, 1.807) is 28.9 Å². The molecule has 0 aliphatic heterocycles. The lowest BCUT2D eigenvalue weighted by molar-refractivity contribution is -0.113. The van der Waals surface area contributed by atoms with Crippen molar-refractivity contribution >= 4 is 35.0 Å². The van der Waals surface area contributed by atoms with Gasteiger partial charge in [-0.3, -0.25) is 4.79 Å². The standard InChI is InChI=1S/C17H16ClN5OS/c1-2-12-6-8-15(9-7-12)23-17(20-21-22-23)25-11-16(24)19-14-5-3-4-13(18)10-14/h3-10H,2,11H2,1H3,(H,19,24). The van der Waals surface area contributed by atoms with E-state index in [2.05, 4.69) is 27.8 Å². The summed E-state index contributed by atoms with van der Waals surface area (Å²) in [6, 6.07) is 15.0. The molecule has 0 atom stereocenters. The first-order valence-corrected chi connectivity index (χ1v) is 9.08. The topological polar surface area (TPSA) is 72.7 Å². The Labute approximate surface area is 154 Å². The second-order valence-corrected chi connectivity index (χ2v) is 6.62. The third kappa shape index (κ3) is 4.58. The maximum Gasteiger partial charge on any atom is 0.234 e. The van der Waals surface area contributed by atoms with Gasteiger partial charge in [-0.05, 0) is 52.7 Å². The zero-order valence-corrected chi connectivity index (χ0v) is 15.1. The van der Waals surface area contributed by atoms with Crippen molar-refractivity contribution in [3.8, 4) is 5.69 Å². The second kappa shape index (κ2) is 8.13. The van der Waals surface area contributed by atoms with E-state index in [9.17, 15) is 4.79 Å². The van der Waals surface area contributed by atoms with E-state index in [0.29, 0.717) is 15.9 Å². The molecule has 2 aromatic carbocycles. The van der Waals surface area contributed by atoms with Crippen LogP contribution in [0.4, 0.5) is 5.69 Å². The lowest BCUT2D eigenvalue weighted by Gasteiger charge is -2.06. The minimum absolute atomic E-state index is 0.150. The van der Waals surface area contributed by atoms with E-state index in [-0.39, 0.29) is 11.7 Å². The highest BCUT2D eigenvalue weighted by atomic mass is 35.5.